The summed E-state index contributed by atoms with van der Waals surface area (Å²) in [6, 6.07) is 6.00. The van der Waals surface area contributed by atoms with Crippen LogP contribution in [0.15, 0.2) is 23.9 Å². The van der Waals surface area contributed by atoms with Crippen LogP contribution >= 0.6 is 0 Å². The van der Waals surface area contributed by atoms with Gasteiger partial charge in [0.2, 0.25) is 0 Å². The van der Waals surface area contributed by atoms with Gasteiger partial charge in [-0.3, -0.25) is 14.5 Å². The van der Waals surface area contributed by atoms with E-state index in [0.29, 0.717) is 30.9 Å². The smallest absolute Gasteiger partial charge is 0.277 e. The highest BCUT2D eigenvalue weighted by Crippen LogP contribution is 2.34. The summed E-state index contributed by atoms with van der Waals surface area (Å²) in [5.41, 5.74) is 4.21. The number of carbonyl (C=O) groups is 2. The highest BCUT2D eigenvalue weighted by molar-refractivity contribution is 6.35. The molecule has 2 aliphatic rings. The number of hydrogen-bond donors (Lipinski definition) is 0. The second kappa shape index (κ2) is 7.85. The van der Waals surface area contributed by atoms with Crippen LogP contribution in [-0.4, -0.2) is 53.5 Å². The van der Waals surface area contributed by atoms with Gasteiger partial charge in [-0.1, -0.05) is 31.5 Å². The second-order valence-electron chi connectivity index (χ2n) is 7.80. The van der Waals surface area contributed by atoms with E-state index in [1.54, 1.807) is 0 Å². The van der Waals surface area contributed by atoms with Crippen LogP contribution in [0.4, 0.5) is 0 Å². The lowest BCUT2D eigenvalue weighted by molar-refractivity contribution is -0.138. The second-order valence-corrected chi connectivity index (χ2v) is 7.80. The Labute approximate surface area is 162 Å². The van der Waals surface area contributed by atoms with Crippen molar-refractivity contribution in [2.75, 3.05) is 19.6 Å². The topological polar surface area (TPSA) is 49.9 Å². The molecular weight excluding hydrogens is 340 g/mol. The summed E-state index contributed by atoms with van der Waals surface area (Å²) in [5.74, 6) is -0.332. The molecule has 3 rings (SSSR count). The molecular formula is C22H30N2O3. The largest absolute Gasteiger partial charge is 0.372 e. The van der Waals surface area contributed by atoms with E-state index in [1.807, 2.05) is 39.0 Å². The Morgan fingerprint density at radius 3 is 2.30 bits per heavy atom. The van der Waals surface area contributed by atoms with E-state index in [-0.39, 0.29) is 24.0 Å². The highest BCUT2D eigenvalue weighted by atomic mass is 16.5. The molecule has 146 valence electrons. The van der Waals surface area contributed by atoms with Crippen LogP contribution in [0.2, 0.25) is 0 Å². The van der Waals surface area contributed by atoms with Crippen molar-refractivity contribution in [3.05, 3.63) is 40.6 Å². The molecule has 2 heterocycles. The number of morpholine rings is 1. The number of nitrogens with zero attached hydrogens (tertiary/aromatic N) is 2. The lowest BCUT2D eigenvalue weighted by atomic mass is 9.99. The third-order valence-electron chi connectivity index (χ3n) is 5.41. The molecule has 0 aliphatic carbocycles. The zero-order chi connectivity index (χ0) is 19.7. The average molecular weight is 370 g/mol. The van der Waals surface area contributed by atoms with Crippen molar-refractivity contribution in [3.8, 4) is 0 Å². The minimum absolute atomic E-state index is 0.0230. The fourth-order valence-electron chi connectivity index (χ4n) is 3.89. The quantitative estimate of drug-likeness (QED) is 0.747. The number of amides is 2. The summed E-state index contributed by atoms with van der Waals surface area (Å²) in [5, 5.41) is 0. The Morgan fingerprint density at radius 2 is 1.70 bits per heavy atom. The van der Waals surface area contributed by atoms with Crippen LogP contribution in [0.1, 0.15) is 50.3 Å². The van der Waals surface area contributed by atoms with Gasteiger partial charge >= 0.3 is 0 Å². The maximum absolute atomic E-state index is 13.2. The standard InChI is InChI=1S/C22H30N2O3/c1-6-7-10-24-21(25)19(18-9-8-14(2)15(3)11-18)20(22(24)26)23-12-16(4)27-17(5)13-23/h8-9,11,16-17H,6-7,10,12-13H2,1-5H3. The number of unbranched alkanes of at least 4 members (excludes halogenated alkanes) is 1. The molecule has 0 radical (unpaired) electrons. The maximum atomic E-state index is 13.2. The van der Waals surface area contributed by atoms with Gasteiger partial charge in [0.1, 0.15) is 5.70 Å². The third-order valence-corrected chi connectivity index (χ3v) is 5.41. The van der Waals surface area contributed by atoms with Gasteiger partial charge in [0.05, 0.1) is 17.8 Å². The van der Waals surface area contributed by atoms with Crippen LogP contribution in [0.3, 0.4) is 0 Å². The van der Waals surface area contributed by atoms with Gasteiger partial charge in [0.15, 0.2) is 0 Å². The fourth-order valence-corrected chi connectivity index (χ4v) is 3.89. The number of benzene rings is 1. The summed E-state index contributed by atoms with van der Waals surface area (Å²) >= 11 is 0. The number of ether oxygens (including phenoxy) is 1. The molecule has 5 heteroatoms. The molecule has 1 saturated heterocycles. The zero-order valence-electron chi connectivity index (χ0n) is 17.0. The zero-order valence-corrected chi connectivity index (χ0v) is 17.0. The first-order chi connectivity index (χ1) is 12.8. The third kappa shape index (κ3) is 3.79. The van der Waals surface area contributed by atoms with E-state index in [2.05, 4.69) is 18.7 Å². The number of rotatable bonds is 5. The number of imide groups is 1. The van der Waals surface area contributed by atoms with Gasteiger partial charge < -0.3 is 9.64 Å². The maximum Gasteiger partial charge on any atom is 0.277 e. The van der Waals surface area contributed by atoms with Gasteiger partial charge in [-0.25, -0.2) is 0 Å². The molecule has 1 aromatic rings. The van der Waals surface area contributed by atoms with Crippen molar-refractivity contribution in [3.63, 3.8) is 0 Å². The first-order valence-corrected chi connectivity index (χ1v) is 9.92. The lowest BCUT2D eigenvalue weighted by Gasteiger charge is -2.37. The van der Waals surface area contributed by atoms with Crippen LogP contribution < -0.4 is 0 Å². The van der Waals surface area contributed by atoms with E-state index in [0.717, 1.165) is 24.0 Å². The van der Waals surface area contributed by atoms with Crippen molar-refractivity contribution >= 4 is 17.4 Å². The average Bonchev–Trinajstić information content (AvgIpc) is 2.85. The van der Waals surface area contributed by atoms with Gasteiger partial charge in [-0.15, -0.1) is 0 Å². The highest BCUT2D eigenvalue weighted by Gasteiger charge is 2.42. The van der Waals surface area contributed by atoms with E-state index >= 15 is 0 Å². The van der Waals surface area contributed by atoms with E-state index in [9.17, 15) is 9.59 Å². The molecule has 0 bridgehead atoms. The molecule has 2 aliphatic heterocycles. The molecule has 2 atom stereocenters. The molecule has 27 heavy (non-hydrogen) atoms. The Hall–Kier alpha value is -2.14. The molecule has 1 fully saturated rings. The molecule has 2 amide bonds. The Morgan fingerprint density at radius 1 is 1.04 bits per heavy atom. The van der Waals surface area contributed by atoms with E-state index in [4.69, 9.17) is 4.74 Å². The fraction of sp³-hybridized carbons (Fsp3) is 0.545. The van der Waals surface area contributed by atoms with Crippen molar-refractivity contribution in [1.29, 1.82) is 0 Å². The normalized spacial score (nSPS) is 23.6. The minimum Gasteiger partial charge on any atom is -0.372 e. The van der Waals surface area contributed by atoms with Crippen LogP contribution in [0.5, 0.6) is 0 Å². The van der Waals surface area contributed by atoms with Crippen LogP contribution in [-0.2, 0) is 14.3 Å². The molecule has 0 aromatic heterocycles. The summed E-state index contributed by atoms with van der Waals surface area (Å²) in [6.45, 7) is 11.9. The van der Waals surface area contributed by atoms with Crippen molar-refractivity contribution < 1.29 is 14.3 Å². The number of aryl methyl sites for hydroxylation is 2. The molecule has 0 saturated carbocycles. The van der Waals surface area contributed by atoms with Gasteiger partial charge in [-0.2, -0.15) is 0 Å². The molecule has 2 unspecified atom stereocenters. The first-order valence-electron chi connectivity index (χ1n) is 9.92. The molecule has 1 aromatic carbocycles. The number of carbonyl (C=O) groups excluding carboxylic acids is 2. The monoisotopic (exact) mass is 370 g/mol. The van der Waals surface area contributed by atoms with Crippen LogP contribution in [0.25, 0.3) is 5.57 Å². The Kier molecular flexibility index (Phi) is 5.70. The van der Waals surface area contributed by atoms with Crippen molar-refractivity contribution in [1.82, 2.24) is 9.80 Å². The van der Waals surface area contributed by atoms with Crippen molar-refractivity contribution in [2.24, 2.45) is 0 Å². The number of hydrogen-bond acceptors (Lipinski definition) is 4. The predicted octanol–water partition coefficient (Wildman–Crippen LogP) is 3.29. The van der Waals surface area contributed by atoms with Gasteiger partial charge in [0.25, 0.3) is 11.8 Å². The van der Waals surface area contributed by atoms with Crippen LogP contribution in [0, 0.1) is 13.8 Å². The van der Waals surface area contributed by atoms with Gasteiger partial charge in [0, 0.05) is 19.6 Å². The summed E-state index contributed by atoms with van der Waals surface area (Å²) < 4.78 is 5.83. The van der Waals surface area contributed by atoms with Gasteiger partial charge in [-0.05, 0) is 50.8 Å². The molecule has 0 spiro atoms. The first kappa shape index (κ1) is 19.6. The summed E-state index contributed by atoms with van der Waals surface area (Å²) in [4.78, 5) is 29.9. The Bertz CT molecular complexity index is 774. The van der Waals surface area contributed by atoms with E-state index in [1.165, 1.54) is 10.5 Å². The van der Waals surface area contributed by atoms with E-state index < -0.39 is 0 Å². The SMILES string of the molecule is CCCCN1C(=O)C(c2ccc(C)c(C)c2)=C(N2CC(C)OC(C)C2)C1=O. The summed E-state index contributed by atoms with van der Waals surface area (Å²) in [6.07, 6.45) is 1.81. The predicted molar refractivity (Wildman–Crippen MR) is 106 cm³/mol. The molecule has 0 N–H and O–H groups in total. The van der Waals surface area contributed by atoms with Crippen molar-refractivity contribution in [2.45, 2.75) is 59.7 Å². The summed E-state index contributed by atoms with van der Waals surface area (Å²) in [7, 11) is 0. The lowest BCUT2D eigenvalue weighted by Crippen LogP contribution is -2.47. The molecule has 5 nitrogen and oxygen atoms in total. The minimum atomic E-state index is -0.168. The Balaban J connectivity index is 2.07.